The first-order valence-electron chi connectivity index (χ1n) is 9.99. The zero-order valence-corrected chi connectivity index (χ0v) is 17.1. The molecule has 1 saturated heterocycles. The van der Waals surface area contributed by atoms with Crippen LogP contribution in [0.3, 0.4) is 0 Å². The van der Waals surface area contributed by atoms with Gasteiger partial charge in [0.1, 0.15) is 5.82 Å². The van der Waals surface area contributed by atoms with Crippen molar-refractivity contribution in [3.05, 3.63) is 23.3 Å². The molecule has 9 heteroatoms. The van der Waals surface area contributed by atoms with E-state index < -0.39 is 10.0 Å². The van der Waals surface area contributed by atoms with Gasteiger partial charge in [-0.1, -0.05) is 0 Å². The average Bonchev–Trinajstić information content (AvgIpc) is 3.42. The molecule has 2 aromatic heterocycles. The third kappa shape index (κ3) is 2.91. The molecule has 2 aliphatic carbocycles. The number of nitrogens with zero attached hydrogens (tertiary/aromatic N) is 5. The smallest absolute Gasteiger partial charge is 0.220 e. The van der Waals surface area contributed by atoms with Crippen LogP contribution >= 0.6 is 0 Å². The predicted octanol–water partition coefficient (Wildman–Crippen LogP) is 1.70. The Kier molecular flexibility index (Phi) is 4.03. The molecule has 0 spiro atoms. The molecule has 0 aromatic carbocycles. The maximum atomic E-state index is 12.3. The SMILES string of the molecule is Cc1nc2c(n1C1CCN(S(C)(=O)=O)C(C3CC3)C1)-c1nc(N)ncc1CC2. The van der Waals surface area contributed by atoms with Gasteiger partial charge in [-0.2, -0.15) is 4.31 Å². The molecule has 0 amide bonds. The van der Waals surface area contributed by atoms with Crippen molar-refractivity contribution in [2.45, 2.75) is 57.5 Å². The van der Waals surface area contributed by atoms with E-state index in [2.05, 4.69) is 14.5 Å². The molecule has 3 aliphatic rings. The van der Waals surface area contributed by atoms with Crippen LogP contribution in [0.25, 0.3) is 11.4 Å². The molecular formula is C19H26N6O2S. The van der Waals surface area contributed by atoms with Crippen LogP contribution in [0, 0.1) is 12.8 Å². The van der Waals surface area contributed by atoms with Gasteiger partial charge < -0.3 is 10.3 Å². The predicted molar refractivity (Wildman–Crippen MR) is 106 cm³/mol. The van der Waals surface area contributed by atoms with E-state index in [9.17, 15) is 8.42 Å². The number of rotatable bonds is 3. The maximum absolute atomic E-state index is 12.3. The van der Waals surface area contributed by atoms with Crippen LogP contribution in [0.4, 0.5) is 5.95 Å². The number of imidazole rings is 1. The number of nitrogen functional groups attached to an aromatic ring is 1. The lowest BCUT2D eigenvalue weighted by Gasteiger charge is -2.39. The van der Waals surface area contributed by atoms with Crippen molar-refractivity contribution < 1.29 is 8.42 Å². The highest BCUT2D eigenvalue weighted by Gasteiger charge is 2.44. The van der Waals surface area contributed by atoms with Crippen molar-refractivity contribution in [3.63, 3.8) is 0 Å². The molecular weight excluding hydrogens is 376 g/mol. The van der Waals surface area contributed by atoms with E-state index in [0.29, 0.717) is 12.5 Å². The second-order valence-electron chi connectivity index (χ2n) is 8.38. The van der Waals surface area contributed by atoms with Crippen molar-refractivity contribution in [1.29, 1.82) is 0 Å². The summed E-state index contributed by atoms with van der Waals surface area (Å²) < 4.78 is 28.6. The Hall–Kier alpha value is -2.00. The van der Waals surface area contributed by atoms with Gasteiger partial charge in [-0.15, -0.1) is 0 Å². The Morgan fingerprint density at radius 1 is 1.18 bits per heavy atom. The fourth-order valence-corrected chi connectivity index (χ4v) is 6.23. The Balaban J connectivity index is 1.56. The minimum absolute atomic E-state index is 0.0877. The Morgan fingerprint density at radius 3 is 2.68 bits per heavy atom. The zero-order chi connectivity index (χ0) is 19.6. The normalized spacial score (nSPS) is 25.4. The van der Waals surface area contributed by atoms with Crippen LogP contribution < -0.4 is 5.73 Å². The minimum atomic E-state index is -3.18. The fraction of sp³-hybridized carbons (Fsp3) is 0.632. The Bertz CT molecular complexity index is 1040. The molecule has 8 nitrogen and oxygen atoms in total. The van der Waals surface area contributed by atoms with Crippen LogP contribution in [-0.4, -0.2) is 51.1 Å². The number of sulfonamides is 1. The molecule has 1 saturated carbocycles. The lowest BCUT2D eigenvalue weighted by molar-refractivity contribution is 0.181. The minimum Gasteiger partial charge on any atom is -0.368 e. The summed E-state index contributed by atoms with van der Waals surface area (Å²) >= 11 is 0. The number of piperidine rings is 1. The van der Waals surface area contributed by atoms with Crippen LogP contribution in [0.5, 0.6) is 0 Å². The van der Waals surface area contributed by atoms with E-state index in [1.165, 1.54) is 6.26 Å². The monoisotopic (exact) mass is 402 g/mol. The van der Waals surface area contributed by atoms with Crippen molar-refractivity contribution >= 4 is 16.0 Å². The van der Waals surface area contributed by atoms with Crippen molar-refractivity contribution in [3.8, 4) is 11.4 Å². The maximum Gasteiger partial charge on any atom is 0.220 e. The molecule has 1 aliphatic heterocycles. The Morgan fingerprint density at radius 2 is 1.96 bits per heavy atom. The van der Waals surface area contributed by atoms with Gasteiger partial charge in [0.05, 0.1) is 23.3 Å². The van der Waals surface area contributed by atoms with E-state index in [-0.39, 0.29) is 18.0 Å². The third-order valence-corrected chi connectivity index (χ3v) is 7.73. The van der Waals surface area contributed by atoms with Gasteiger partial charge in [0.2, 0.25) is 16.0 Å². The molecule has 28 heavy (non-hydrogen) atoms. The number of aromatic nitrogens is 4. The quantitative estimate of drug-likeness (QED) is 0.837. The largest absolute Gasteiger partial charge is 0.368 e. The third-order valence-electron chi connectivity index (χ3n) is 6.42. The van der Waals surface area contributed by atoms with Crippen LogP contribution in [-0.2, 0) is 22.9 Å². The van der Waals surface area contributed by atoms with E-state index >= 15 is 0 Å². The van der Waals surface area contributed by atoms with Crippen LogP contribution in [0.2, 0.25) is 0 Å². The number of nitrogens with two attached hydrogens (primary N) is 1. The number of anilines is 1. The second-order valence-corrected chi connectivity index (χ2v) is 10.3. The summed E-state index contributed by atoms with van der Waals surface area (Å²) in [7, 11) is -3.18. The number of aryl methyl sites for hydroxylation is 3. The van der Waals surface area contributed by atoms with Gasteiger partial charge in [0.25, 0.3) is 0 Å². The first-order valence-corrected chi connectivity index (χ1v) is 11.8. The van der Waals surface area contributed by atoms with Crippen molar-refractivity contribution in [2.75, 3.05) is 18.5 Å². The standard InChI is InChI=1S/C19H26N6O2S/c1-11-22-15-6-5-13-10-21-19(20)23-17(13)18(15)25(11)14-7-8-24(28(2,26)27)16(9-14)12-3-4-12/h10,12,14,16H,3-9H2,1-2H3,(H2,20,21,23). The molecule has 0 radical (unpaired) electrons. The summed E-state index contributed by atoms with van der Waals surface area (Å²) in [5.74, 6) is 1.74. The number of fused-ring (bicyclic) bond motifs is 3. The average molecular weight is 403 g/mol. The van der Waals surface area contributed by atoms with Crippen LogP contribution in [0.15, 0.2) is 6.20 Å². The molecule has 5 rings (SSSR count). The van der Waals surface area contributed by atoms with Crippen molar-refractivity contribution in [2.24, 2.45) is 5.92 Å². The summed E-state index contributed by atoms with van der Waals surface area (Å²) in [6.07, 6.45) is 8.77. The summed E-state index contributed by atoms with van der Waals surface area (Å²) in [5, 5.41) is 0. The fourth-order valence-electron chi connectivity index (χ4n) is 5.05. The molecule has 150 valence electrons. The van der Waals surface area contributed by atoms with E-state index in [4.69, 9.17) is 10.7 Å². The van der Waals surface area contributed by atoms with Gasteiger partial charge in [-0.05, 0) is 56.9 Å². The van der Waals surface area contributed by atoms with E-state index in [0.717, 1.165) is 67.0 Å². The lowest BCUT2D eigenvalue weighted by Crippen LogP contribution is -2.47. The van der Waals surface area contributed by atoms with Gasteiger partial charge in [-0.3, -0.25) is 0 Å². The zero-order valence-electron chi connectivity index (χ0n) is 16.3. The summed E-state index contributed by atoms with van der Waals surface area (Å²) in [6, 6.07) is 0.312. The first kappa shape index (κ1) is 18.1. The highest BCUT2D eigenvalue weighted by molar-refractivity contribution is 7.88. The molecule has 2 atom stereocenters. The summed E-state index contributed by atoms with van der Waals surface area (Å²) in [6.45, 7) is 2.60. The molecule has 2 unspecified atom stereocenters. The molecule has 3 heterocycles. The highest BCUT2D eigenvalue weighted by Crippen LogP contribution is 2.45. The topological polar surface area (TPSA) is 107 Å². The molecule has 0 bridgehead atoms. The number of hydrogen-bond donors (Lipinski definition) is 1. The molecule has 2 aromatic rings. The summed E-state index contributed by atoms with van der Waals surface area (Å²) in [4.78, 5) is 13.5. The highest BCUT2D eigenvalue weighted by atomic mass is 32.2. The molecule has 2 N–H and O–H groups in total. The van der Waals surface area contributed by atoms with E-state index in [1.807, 2.05) is 13.1 Å². The van der Waals surface area contributed by atoms with Gasteiger partial charge in [0.15, 0.2) is 0 Å². The van der Waals surface area contributed by atoms with Gasteiger partial charge in [-0.25, -0.2) is 23.4 Å². The van der Waals surface area contributed by atoms with Gasteiger partial charge in [0, 0.05) is 24.8 Å². The lowest BCUT2D eigenvalue weighted by atomic mass is 9.93. The van der Waals surface area contributed by atoms with Gasteiger partial charge >= 0.3 is 0 Å². The molecule has 2 fully saturated rings. The van der Waals surface area contributed by atoms with Crippen molar-refractivity contribution in [1.82, 2.24) is 23.8 Å². The second kappa shape index (κ2) is 6.25. The van der Waals surface area contributed by atoms with E-state index in [1.54, 1.807) is 4.31 Å². The van der Waals surface area contributed by atoms with Crippen LogP contribution in [0.1, 0.15) is 48.8 Å². The number of hydrogen-bond acceptors (Lipinski definition) is 6. The first-order chi connectivity index (χ1) is 13.3. The summed E-state index contributed by atoms with van der Waals surface area (Å²) in [5.41, 5.74) is 10.0. The Labute approximate surface area is 165 Å².